The second-order valence-electron chi connectivity index (χ2n) is 5.53. The monoisotopic (exact) mass is 354 g/mol. The largest absolute Gasteiger partial charge is 0.451 e. The van der Waals surface area contributed by atoms with E-state index < -0.39 is 5.91 Å². The van der Waals surface area contributed by atoms with Crippen LogP contribution >= 0.6 is 11.8 Å². The summed E-state index contributed by atoms with van der Waals surface area (Å²) in [4.78, 5) is 24.1. The molecule has 2 aromatic carbocycles. The molecule has 0 radical (unpaired) electrons. The molecule has 1 aromatic heterocycles. The summed E-state index contributed by atoms with van der Waals surface area (Å²) < 4.78 is 5.56. The highest BCUT2D eigenvalue weighted by atomic mass is 32.2. The molecule has 0 aliphatic heterocycles. The summed E-state index contributed by atoms with van der Waals surface area (Å²) in [6.45, 7) is 1.82. The van der Waals surface area contributed by atoms with Gasteiger partial charge >= 0.3 is 5.91 Å². The Morgan fingerprint density at radius 2 is 1.72 bits per heavy atom. The molecule has 0 saturated heterocycles. The van der Waals surface area contributed by atoms with Crippen molar-refractivity contribution >= 4 is 34.5 Å². The lowest BCUT2D eigenvalue weighted by Crippen LogP contribution is -2.42. The second-order valence-corrected chi connectivity index (χ2v) is 6.52. The van der Waals surface area contributed by atoms with Gasteiger partial charge in [0.05, 0.1) is 5.75 Å². The average molecular weight is 354 g/mol. The molecule has 0 aliphatic carbocycles. The second kappa shape index (κ2) is 7.90. The first-order valence-corrected chi connectivity index (χ1v) is 8.99. The number of fused-ring (bicyclic) bond motifs is 1. The molecule has 3 rings (SSSR count). The molecule has 6 heteroatoms. The van der Waals surface area contributed by atoms with Gasteiger partial charge in [-0.15, -0.1) is 11.8 Å². The van der Waals surface area contributed by atoms with Gasteiger partial charge in [-0.1, -0.05) is 48.5 Å². The highest BCUT2D eigenvalue weighted by molar-refractivity contribution is 7.99. The molecule has 0 spiro atoms. The van der Waals surface area contributed by atoms with Crippen molar-refractivity contribution in [1.29, 1.82) is 0 Å². The van der Waals surface area contributed by atoms with E-state index >= 15 is 0 Å². The Bertz CT molecular complexity index is 890. The number of carbonyl (C=O) groups excluding carboxylic acids is 2. The standard InChI is InChI=1S/C19H18N2O3S/c1-13-15-9-5-6-10-16(15)24-18(13)19(23)21-20-17(22)12-25-11-14-7-3-2-4-8-14/h2-10H,11-12H2,1H3,(H,20,22)(H,21,23). The van der Waals surface area contributed by atoms with Gasteiger partial charge in [0.1, 0.15) is 5.58 Å². The van der Waals surface area contributed by atoms with Crippen molar-refractivity contribution in [2.75, 3.05) is 5.75 Å². The first kappa shape index (κ1) is 17.1. The molecular weight excluding hydrogens is 336 g/mol. The number of nitrogens with one attached hydrogen (secondary N) is 2. The van der Waals surface area contributed by atoms with E-state index in [0.717, 1.165) is 22.3 Å². The number of benzene rings is 2. The van der Waals surface area contributed by atoms with E-state index in [-0.39, 0.29) is 17.4 Å². The molecule has 0 fully saturated rings. The van der Waals surface area contributed by atoms with E-state index in [0.29, 0.717) is 5.58 Å². The van der Waals surface area contributed by atoms with Crippen molar-refractivity contribution in [2.45, 2.75) is 12.7 Å². The van der Waals surface area contributed by atoms with Gasteiger partial charge in [-0.3, -0.25) is 20.4 Å². The fraction of sp³-hybridized carbons (Fsp3) is 0.158. The predicted octanol–water partition coefficient (Wildman–Crippen LogP) is 3.44. The molecule has 0 saturated carbocycles. The van der Waals surface area contributed by atoms with Crippen LogP contribution in [0, 0.1) is 6.92 Å². The fourth-order valence-corrected chi connectivity index (χ4v) is 3.23. The van der Waals surface area contributed by atoms with Gasteiger partial charge in [0.25, 0.3) is 0 Å². The molecule has 2 amide bonds. The van der Waals surface area contributed by atoms with Gasteiger partial charge in [-0.25, -0.2) is 0 Å². The number of amides is 2. The van der Waals surface area contributed by atoms with Gasteiger partial charge in [-0.2, -0.15) is 0 Å². The topological polar surface area (TPSA) is 71.3 Å². The molecule has 25 heavy (non-hydrogen) atoms. The number of carbonyl (C=O) groups is 2. The quantitative estimate of drug-likeness (QED) is 0.689. The summed E-state index contributed by atoms with van der Waals surface area (Å²) in [5.74, 6) is 0.482. The maximum absolute atomic E-state index is 12.2. The maximum Gasteiger partial charge on any atom is 0.305 e. The Kier molecular flexibility index (Phi) is 5.40. The number of para-hydroxylation sites is 1. The van der Waals surface area contributed by atoms with Gasteiger partial charge in [0.15, 0.2) is 5.76 Å². The zero-order chi connectivity index (χ0) is 17.6. The highest BCUT2D eigenvalue weighted by Gasteiger charge is 2.17. The van der Waals surface area contributed by atoms with E-state index in [1.807, 2.05) is 55.5 Å². The van der Waals surface area contributed by atoms with Crippen molar-refractivity contribution in [2.24, 2.45) is 0 Å². The number of thioether (sulfide) groups is 1. The van der Waals surface area contributed by atoms with E-state index in [4.69, 9.17) is 4.42 Å². The van der Waals surface area contributed by atoms with Crippen LogP contribution in [0.5, 0.6) is 0 Å². The van der Waals surface area contributed by atoms with E-state index in [2.05, 4.69) is 10.9 Å². The zero-order valence-electron chi connectivity index (χ0n) is 13.7. The minimum atomic E-state index is -0.463. The molecule has 0 unspecified atom stereocenters. The predicted molar refractivity (Wildman–Crippen MR) is 99.2 cm³/mol. The molecule has 0 atom stereocenters. The number of furan rings is 1. The maximum atomic E-state index is 12.2. The lowest BCUT2D eigenvalue weighted by molar-refractivity contribution is -0.119. The number of hydrogen-bond donors (Lipinski definition) is 2. The molecule has 3 aromatic rings. The average Bonchev–Trinajstić information content (AvgIpc) is 2.98. The fourth-order valence-electron chi connectivity index (χ4n) is 2.45. The van der Waals surface area contributed by atoms with Gasteiger partial charge in [0, 0.05) is 16.7 Å². The van der Waals surface area contributed by atoms with Crippen LogP contribution in [0.25, 0.3) is 11.0 Å². The highest BCUT2D eigenvalue weighted by Crippen LogP contribution is 2.24. The third-order valence-electron chi connectivity index (χ3n) is 3.71. The van der Waals surface area contributed by atoms with E-state index in [1.165, 1.54) is 11.8 Å². The summed E-state index contributed by atoms with van der Waals surface area (Å²) in [5, 5.41) is 0.886. The minimum Gasteiger partial charge on any atom is -0.451 e. The SMILES string of the molecule is Cc1c(C(=O)NNC(=O)CSCc2ccccc2)oc2ccccc12. The van der Waals surface area contributed by atoms with Gasteiger partial charge in [0.2, 0.25) is 5.91 Å². The van der Waals surface area contributed by atoms with Crippen LogP contribution in [0.15, 0.2) is 59.0 Å². The summed E-state index contributed by atoms with van der Waals surface area (Å²) in [7, 11) is 0. The van der Waals surface area contributed by atoms with Crippen LogP contribution in [0.3, 0.4) is 0 Å². The molecule has 0 aliphatic rings. The van der Waals surface area contributed by atoms with Crippen molar-refractivity contribution < 1.29 is 14.0 Å². The molecule has 128 valence electrons. The van der Waals surface area contributed by atoms with E-state index in [1.54, 1.807) is 6.07 Å². The van der Waals surface area contributed by atoms with Crippen molar-refractivity contribution in [1.82, 2.24) is 10.9 Å². The van der Waals surface area contributed by atoms with Gasteiger partial charge < -0.3 is 4.42 Å². The van der Waals surface area contributed by atoms with Crippen molar-refractivity contribution in [3.05, 3.63) is 71.5 Å². The van der Waals surface area contributed by atoms with Crippen LogP contribution < -0.4 is 10.9 Å². The Morgan fingerprint density at radius 1 is 1.00 bits per heavy atom. The minimum absolute atomic E-state index is 0.207. The van der Waals surface area contributed by atoms with Crippen LogP contribution in [0.2, 0.25) is 0 Å². The third-order valence-corrected chi connectivity index (χ3v) is 4.71. The zero-order valence-corrected chi connectivity index (χ0v) is 14.6. The molecule has 5 nitrogen and oxygen atoms in total. The number of aryl methyl sites for hydroxylation is 1. The molecule has 2 N–H and O–H groups in total. The number of rotatable bonds is 5. The van der Waals surface area contributed by atoms with Crippen LogP contribution in [-0.2, 0) is 10.5 Å². The summed E-state index contributed by atoms with van der Waals surface area (Å²) >= 11 is 1.48. The summed E-state index contributed by atoms with van der Waals surface area (Å²) in [5.41, 5.74) is 7.38. The number of hydrogen-bond acceptors (Lipinski definition) is 4. The van der Waals surface area contributed by atoms with Crippen LogP contribution in [0.4, 0.5) is 0 Å². The molecule has 1 heterocycles. The van der Waals surface area contributed by atoms with Gasteiger partial charge in [-0.05, 0) is 18.6 Å². The van der Waals surface area contributed by atoms with Crippen molar-refractivity contribution in [3.8, 4) is 0 Å². The smallest absolute Gasteiger partial charge is 0.305 e. The molecular formula is C19H18N2O3S. The Balaban J connectivity index is 1.49. The first-order chi connectivity index (χ1) is 12.1. The summed E-state index contributed by atoms with van der Waals surface area (Å²) in [6, 6.07) is 17.3. The first-order valence-electron chi connectivity index (χ1n) is 7.84. The summed E-state index contributed by atoms with van der Waals surface area (Å²) in [6.07, 6.45) is 0. The lowest BCUT2D eigenvalue weighted by Gasteiger charge is -2.06. The van der Waals surface area contributed by atoms with Crippen LogP contribution in [-0.4, -0.2) is 17.6 Å². The van der Waals surface area contributed by atoms with E-state index in [9.17, 15) is 9.59 Å². The molecule has 0 bridgehead atoms. The lowest BCUT2D eigenvalue weighted by atomic mass is 10.1. The Hall–Kier alpha value is -2.73. The number of hydrazine groups is 1. The van der Waals surface area contributed by atoms with Crippen molar-refractivity contribution in [3.63, 3.8) is 0 Å². The third kappa shape index (κ3) is 4.22. The van der Waals surface area contributed by atoms with Crippen LogP contribution in [0.1, 0.15) is 21.7 Å². The normalized spacial score (nSPS) is 10.6. The Morgan fingerprint density at radius 3 is 2.48 bits per heavy atom. The Labute approximate surface area is 149 Å².